The molecule has 19 heteroatoms. The molecule has 0 radical (unpaired) electrons. The highest BCUT2D eigenvalue weighted by molar-refractivity contribution is 5.56. The van der Waals surface area contributed by atoms with Crippen molar-refractivity contribution in [1.29, 1.82) is 0 Å². The molecule has 0 aliphatic carbocycles. The Kier molecular flexibility index (Phi) is 405. The molecule has 0 bridgehead atoms. The zero-order valence-electron chi connectivity index (χ0n) is 94.6. The molecule has 19 nitrogen and oxygen atoms in total. The molecule has 0 amide bonds. The Labute approximate surface area is 788 Å². The van der Waals surface area contributed by atoms with Gasteiger partial charge in [0.05, 0.1) is 26.1 Å². The third kappa shape index (κ3) is 273. The molecule has 7 saturated heterocycles. The van der Waals surface area contributed by atoms with E-state index in [0.29, 0.717) is 0 Å². The predicted octanol–water partition coefficient (Wildman–Crippen LogP) is 29.6. The average molecular weight is 1780 g/mol. The standard InChI is InChI=1S/C6H14N2.C6H13N.2C5H11N.C5H7N.C5H5N.3C4H4N2.C4H9NO.2C4H9N.C3H6N2.23C2H6/c1-7-3-5-8(2)6-4-7;1-7-5-3-2-4-6-7;4*1-2-4-6-5-3-1;1-2-6-4-3-5-1;1-2-5-4-6-3-1;1-2-4-6-5-3-1;1-3-6-4-2-5-1;2*1-2-4-5-3-1;1-2-5-3-4-1;23*1-2/h3-6H2,1-2H3;2-6H2,1H3;2*6H,1-5H2;2-6H,1H2;1-5H;3*1-4H;5H,1-4H2;2*5H,1-4H2;3H,1-2H2,(H,4,5);23*1-2H3. The first-order chi connectivity index (χ1) is 61.7. The number of likely N-dealkylation sites (N-methyl/N-ethyl adjacent to an activating group) is 2. The SMILES string of the molecule is C1=CNC=CC1.C1=NCCN1.C1CCNC1.C1CCNC1.C1CCNCC1.C1CCNCC1.C1COCCN1.CC.CC.CC.CC.CC.CC.CC.CC.CC.CC.CC.CC.CC.CC.CC.CC.CC.CC.CC.CC.CC.CC.CC.CN1CCCCC1.CN1CCN(C)CC1.c1ccncc1.c1ccnnc1.c1cnccn1.c1cncnc1. The molecular weight excluding hydrogens is 1530 g/mol. The van der Waals surface area contributed by atoms with Crippen LogP contribution in [0.15, 0.2) is 134 Å². The van der Waals surface area contributed by atoms with Crippen LogP contribution in [0.5, 0.6) is 0 Å². The van der Waals surface area contributed by atoms with Gasteiger partial charge in [-0.2, -0.15) is 10.2 Å². The highest BCUT2D eigenvalue weighted by Crippen LogP contribution is 2.05. The summed E-state index contributed by atoms with van der Waals surface area (Å²) in [5.41, 5.74) is 0. The minimum atomic E-state index is 0.889. The monoisotopic (exact) mass is 1770 g/mol. The third-order valence-corrected chi connectivity index (χ3v) is 11.8. The lowest BCUT2D eigenvalue weighted by Gasteiger charge is -2.28. The molecule has 0 atom stereocenters. The summed E-state index contributed by atoms with van der Waals surface area (Å²) < 4.78 is 5.01. The smallest absolute Gasteiger partial charge is 0.115 e. The zero-order valence-corrected chi connectivity index (χ0v) is 94.6. The molecule has 760 valence electrons. The number of rotatable bonds is 0. The van der Waals surface area contributed by atoms with Gasteiger partial charge in [0, 0.05) is 108 Å². The maximum atomic E-state index is 5.01. The second-order valence-corrected chi connectivity index (χ2v) is 18.8. The number of aliphatic imine (C=N–C) groups is 1. The van der Waals surface area contributed by atoms with Crippen molar-refractivity contribution >= 4 is 6.34 Å². The van der Waals surface area contributed by atoms with Crippen molar-refractivity contribution in [2.75, 3.05) is 152 Å². The first kappa shape index (κ1) is 180. The Morgan fingerprint density at radius 3 is 0.581 bits per heavy atom. The fourth-order valence-corrected chi connectivity index (χ4v) is 7.13. The van der Waals surface area contributed by atoms with Crippen molar-refractivity contribution < 1.29 is 4.74 Å². The molecular formula is C105H244N18O. The number of dihydropyridines is 1. The van der Waals surface area contributed by atoms with Crippen LogP contribution < -0.4 is 37.2 Å². The first-order valence-electron chi connectivity index (χ1n) is 52.1. The summed E-state index contributed by atoms with van der Waals surface area (Å²) in [6.07, 6.45) is 47.3. The molecule has 9 aliphatic rings. The Morgan fingerprint density at radius 2 is 0.476 bits per heavy atom. The number of nitrogens with one attached hydrogen (secondary N) is 7. The molecule has 7 N–H and O–H groups in total. The largest absolute Gasteiger partial charge is 0.379 e. The summed E-state index contributed by atoms with van der Waals surface area (Å²) in [7, 11) is 6.54. The van der Waals surface area contributed by atoms with Crippen molar-refractivity contribution in [3.8, 4) is 0 Å². The van der Waals surface area contributed by atoms with Gasteiger partial charge >= 0.3 is 0 Å². The van der Waals surface area contributed by atoms with Crippen molar-refractivity contribution in [3.63, 3.8) is 0 Å². The lowest BCUT2D eigenvalue weighted by atomic mass is 10.1. The number of nitrogens with zero attached hydrogens (tertiary/aromatic N) is 11. The van der Waals surface area contributed by atoms with Gasteiger partial charge in [-0.3, -0.25) is 19.9 Å². The van der Waals surface area contributed by atoms with Crippen LogP contribution in [-0.2, 0) is 4.74 Å². The quantitative estimate of drug-likeness (QED) is 0.0874. The van der Waals surface area contributed by atoms with Crippen LogP contribution in [0.25, 0.3) is 0 Å². The summed E-state index contributed by atoms with van der Waals surface area (Å²) >= 11 is 0. The van der Waals surface area contributed by atoms with Crippen LogP contribution in [0.3, 0.4) is 0 Å². The fourth-order valence-electron chi connectivity index (χ4n) is 7.13. The summed E-state index contributed by atoms with van der Waals surface area (Å²) in [5, 5.41) is 29.1. The summed E-state index contributed by atoms with van der Waals surface area (Å²) in [6, 6.07) is 11.1. The van der Waals surface area contributed by atoms with Crippen LogP contribution in [0.4, 0.5) is 0 Å². The third-order valence-electron chi connectivity index (χ3n) is 11.8. The molecule has 124 heavy (non-hydrogen) atoms. The van der Waals surface area contributed by atoms with Gasteiger partial charge in [-0.25, -0.2) is 9.97 Å². The van der Waals surface area contributed by atoms with E-state index in [4.69, 9.17) is 4.74 Å². The number of hydrogen-bond acceptors (Lipinski definition) is 19. The van der Waals surface area contributed by atoms with E-state index < -0.39 is 0 Å². The number of aromatic nitrogens is 7. The molecule has 4 aromatic heterocycles. The van der Waals surface area contributed by atoms with Gasteiger partial charge in [0.15, 0.2) is 0 Å². The first-order valence-corrected chi connectivity index (χ1v) is 52.1. The minimum absolute atomic E-state index is 0.889. The van der Waals surface area contributed by atoms with Crippen LogP contribution in [-0.4, -0.2) is 208 Å². The van der Waals surface area contributed by atoms with Crippen molar-refractivity contribution in [1.82, 2.24) is 87.0 Å². The van der Waals surface area contributed by atoms with Crippen LogP contribution >= 0.6 is 0 Å². The Bertz CT molecular complexity index is 1380. The number of hydrogen-bond donors (Lipinski definition) is 7. The molecule has 0 saturated carbocycles. The number of likely N-dealkylation sites (tertiary alicyclic amines) is 1. The Hall–Kier alpha value is -5.22. The van der Waals surface area contributed by atoms with Crippen molar-refractivity contribution in [3.05, 3.63) is 129 Å². The van der Waals surface area contributed by atoms with Gasteiger partial charge in [0.25, 0.3) is 0 Å². The number of morpholine rings is 1. The van der Waals surface area contributed by atoms with E-state index in [9.17, 15) is 0 Å². The molecule has 9 aliphatic heterocycles. The molecule has 4 aromatic rings. The van der Waals surface area contributed by atoms with Gasteiger partial charge in [-0.05, 0) is 200 Å². The number of ether oxygens (including phenoxy) is 1. The molecule has 0 spiro atoms. The number of pyridine rings is 1. The zero-order chi connectivity index (χ0) is 102. The van der Waals surface area contributed by atoms with E-state index in [1.165, 1.54) is 181 Å². The average Bonchev–Trinajstić information content (AvgIpc) is 1.03. The van der Waals surface area contributed by atoms with Crippen LogP contribution in [0, 0.1) is 0 Å². The van der Waals surface area contributed by atoms with Gasteiger partial charge in [0.2, 0.25) is 0 Å². The second kappa shape index (κ2) is 280. The Morgan fingerprint density at radius 1 is 0.234 bits per heavy atom. The van der Waals surface area contributed by atoms with Gasteiger partial charge in [-0.15, -0.1) is 0 Å². The summed E-state index contributed by atoms with van der Waals surface area (Å²) in [5.74, 6) is 0. The van der Waals surface area contributed by atoms with Gasteiger partial charge in [0.1, 0.15) is 6.33 Å². The van der Waals surface area contributed by atoms with E-state index >= 15 is 0 Å². The highest BCUT2D eigenvalue weighted by atomic mass is 16.5. The highest BCUT2D eigenvalue weighted by Gasteiger charge is 2.08. The summed E-state index contributed by atoms with van der Waals surface area (Å²) in [4.78, 5) is 29.5. The minimum Gasteiger partial charge on any atom is -0.379 e. The molecule has 0 aromatic carbocycles. The van der Waals surface area contributed by atoms with Gasteiger partial charge in [-0.1, -0.05) is 356 Å². The lowest BCUT2D eigenvalue weighted by Crippen LogP contribution is -2.42. The van der Waals surface area contributed by atoms with Crippen LogP contribution in [0.1, 0.15) is 408 Å². The topological polar surface area (TPSA) is 206 Å². The normalized spacial score (nSPS) is 12.8. The fraction of sp³-hybridized carbons (Fsp3) is 0.790. The number of allylic oxidation sites excluding steroid dienone is 2. The van der Waals surface area contributed by atoms with E-state index in [1.54, 1.807) is 74.4 Å². The summed E-state index contributed by atoms with van der Waals surface area (Å²) in [6.45, 7) is 115. The van der Waals surface area contributed by atoms with Crippen molar-refractivity contribution in [2.24, 2.45) is 4.99 Å². The maximum absolute atomic E-state index is 5.01. The second-order valence-electron chi connectivity index (χ2n) is 18.8. The molecule has 0 unspecified atom stereocenters. The maximum Gasteiger partial charge on any atom is 0.115 e. The van der Waals surface area contributed by atoms with E-state index in [1.807, 2.05) is 361 Å². The van der Waals surface area contributed by atoms with E-state index in [0.717, 1.165) is 45.8 Å². The lowest BCUT2D eigenvalue weighted by molar-refractivity contribution is 0.109. The van der Waals surface area contributed by atoms with E-state index in [2.05, 4.69) is 125 Å². The predicted molar refractivity (Wildman–Crippen MR) is 586 cm³/mol. The Balaban J connectivity index is -0.0000000409. The molecule has 13 heterocycles. The number of piperazine rings is 1. The molecule has 13 rings (SSSR count). The molecule has 7 fully saturated rings. The van der Waals surface area contributed by atoms with Gasteiger partial charge < -0.3 is 56.7 Å². The van der Waals surface area contributed by atoms with Crippen LogP contribution in [0.2, 0.25) is 0 Å². The van der Waals surface area contributed by atoms with E-state index in [-0.39, 0.29) is 0 Å². The number of piperidine rings is 3. The van der Waals surface area contributed by atoms with Crippen molar-refractivity contribution in [2.45, 2.75) is 408 Å².